The van der Waals surface area contributed by atoms with Crippen LogP contribution in [-0.4, -0.2) is 11.3 Å². The third-order valence-corrected chi connectivity index (χ3v) is 1.86. The zero-order chi connectivity index (χ0) is 10.9. The van der Waals surface area contributed by atoms with Crippen molar-refractivity contribution in [3.05, 3.63) is 34.6 Å². The number of benzene rings is 1. The molecule has 0 spiro atoms. The maximum atomic E-state index is 12.6. The first-order chi connectivity index (χ1) is 6.32. The van der Waals surface area contributed by atoms with E-state index in [1.165, 1.54) is 0 Å². The molecule has 1 atom stereocenters. The highest BCUT2D eigenvalue weighted by Crippen LogP contribution is 2.33. The summed E-state index contributed by atoms with van der Waals surface area (Å²) in [5.74, 6) is -0.829. The number of hydrogen-bond acceptors (Lipinski definition) is 1. The topological polar surface area (TPSA) is 20.2 Å². The maximum Gasteiger partial charge on any atom is 0.418 e. The number of aliphatic hydroxyl groups is 1. The van der Waals surface area contributed by atoms with Crippen molar-refractivity contribution >= 4 is 11.6 Å². The largest absolute Gasteiger partial charge is 0.418 e. The first-order valence-electron chi connectivity index (χ1n) is 3.52. The van der Waals surface area contributed by atoms with Crippen LogP contribution in [0, 0.1) is 5.82 Å². The average molecular weight is 229 g/mol. The summed E-state index contributed by atoms with van der Waals surface area (Å²) in [5, 5.41) is 8.31. The van der Waals surface area contributed by atoms with Crippen LogP contribution < -0.4 is 0 Å². The molecule has 78 valence electrons. The van der Waals surface area contributed by atoms with E-state index in [1.54, 1.807) is 0 Å². The molecule has 1 rings (SSSR count). The van der Waals surface area contributed by atoms with Crippen molar-refractivity contribution in [2.75, 3.05) is 0 Å². The predicted molar refractivity (Wildman–Crippen MR) is 42.4 cm³/mol. The van der Waals surface area contributed by atoms with E-state index in [4.69, 9.17) is 16.7 Å². The molecule has 0 aromatic heterocycles. The van der Waals surface area contributed by atoms with E-state index in [0.29, 0.717) is 0 Å². The molecule has 1 aromatic carbocycles. The normalized spacial score (nSPS) is 14.1. The Hall–Kier alpha value is -0.810. The Labute approximate surface area is 81.9 Å². The molecule has 0 aliphatic heterocycles. The minimum atomic E-state index is -4.78. The summed E-state index contributed by atoms with van der Waals surface area (Å²) in [4.78, 5) is 0. The monoisotopic (exact) mass is 228 g/mol. The van der Waals surface area contributed by atoms with Crippen molar-refractivity contribution < 1.29 is 22.7 Å². The van der Waals surface area contributed by atoms with Gasteiger partial charge in [0.2, 0.25) is 0 Å². The van der Waals surface area contributed by atoms with Gasteiger partial charge in [0.05, 0.1) is 5.02 Å². The highest BCUT2D eigenvalue weighted by molar-refractivity contribution is 6.30. The van der Waals surface area contributed by atoms with E-state index in [-0.39, 0.29) is 0 Å². The van der Waals surface area contributed by atoms with Crippen molar-refractivity contribution in [2.24, 2.45) is 0 Å². The molecule has 0 saturated carbocycles. The van der Waals surface area contributed by atoms with Crippen LogP contribution in [0.25, 0.3) is 0 Å². The molecule has 0 amide bonds. The molecule has 0 radical (unpaired) electrons. The Morgan fingerprint density at radius 2 is 1.86 bits per heavy atom. The summed E-state index contributed by atoms with van der Waals surface area (Å²) in [7, 11) is 0. The molecular formula is C8H5ClF4O. The van der Waals surface area contributed by atoms with Gasteiger partial charge in [-0.1, -0.05) is 17.7 Å². The molecule has 14 heavy (non-hydrogen) atoms. The Balaban J connectivity index is 3.03. The lowest BCUT2D eigenvalue weighted by Gasteiger charge is -2.14. The van der Waals surface area contributed by atoms with E-state index in [1.807, 2.05) is 0 Å². The minimum Gasteiger partial charge on any atom is -0.379 e. The molecule has 0 saturated heterocycles. The SMILES string of the molecule is OC(c1ccc(F)c(Cl)c1)C(F)(F)F. The third kappa shape index (κ3) is 2.36. The Bertz CT molecular complexity index is 337. The zero-order valence-corrected chi connectivity index (χ0v) is 7.40. The predicted octanol–water partition coefficient (Wildman–Crippen LogP) is 3.07. The van der Waals surface area contributed by atoms with Gasteiger partial charge in [-0.2, -0.15) is 13.2 Å². The molecule has 1 N–H and O–H groups in total. The molecule has 0 bridgehead atoms. The van der Waals surface area contributed by atoms with Gasteiger partial charge in [0.1, 0.15) is 5.82 Å². The van der Waals surface area contributed by atoms with E-state index in [0.717, 1.165) is 18.2 Å². The van der Waals surface area contributed by atoms with Gasteiger partial charge in [-0.15, -0.1) is 0 Å². The second-order valence-electron chi connectivity index (χ2n) is 2.62. The van der Waals surface area contributed by atoms with Crippen molar-refractivity contribution in [1.82, 2.24) is 0 Å². The second kappa shape index (κ2) is 3.74. The first-order valence-corrected chi connectivity index (χ1v) is 3.90. The lowest BCUT2D eigenvalue weighted by atomic mass is 10.1. The number of aliphatic hydroxyl groups excluding tert-OH is 1. The quantitative estimate of drug-likeness (QED) is 0.733. The van der Waals surface area contributed by atoms with Gasteiger partial charge in [0.15, 0.2) is 6.10 Å². The first kappa shape index (κ1) is 11.3. The fourth-order valence-electron chi connectivity index (χ4n) is 0.871. The van der Waals surface area contributed by atoms with Crippen molar-refractivity contribution in [2.45, 2.75) is 12.3 Å². The van der Waals surface area contributed by atoms with Crippen molar-refractivity contribution in [3.8, 4) is 0 Å². The van der Waals surface area contributed by atoms with Gasteiger partial charge >= 0.3 is 6.18 Å². The van der Waals surface area contributed by atoms with Gasteiger partial charge in [0, 0.05) is 0 Å². The molecule has 1 nitrogen and oxygen atoms in total. The third-order valence-electron chi connectivity index (χ3n) is 1.57. The summed E-state index contributed by atoms with van der Waals surface area (Å²) in [6, 6.07) is 2.35. The van der Waals surface area contributed by atoms with Gasteiger partial charge < -0.3 is 5.11 Å². The van der Waals surface area contributed by atoms with Crippen LogP contribution in [0.3, 0.4) is 0 Å². The number of halogens is 5. The molecule has 1 unspecified atom stereocenters. The summed E-state index contributed by atoms with van der Waals surface area (Å²) in [6.07, 6.45) is -7.41. The van der Waals surface area contributed by atoms with E-state index < -0.39 is 28.7 Å². The fraction of sp³-hybridized carbons (Fsp3) is 0.250. The summed E-state index contributed by atoms with van der Waals surface area (Å²) in [6.45, 7) is 0. The Kier molecular flexibility index (Phi) is 3.01. The van der Waals surface area contributed by atoms with E-state index >= 15 is 0 Å². The molecule has 0 fully saturated rings. The molecule has 0 aliphatic rings. The van der Waals surface area contributed by atoms with Gasteiger partial charge in [-0.05, 0) is 17.7 Å². The van der Waals surface area contributed by atoms with Crippen molar-refractivity contribution in [3.63, 3.8) is 0 Å². The van der Waals surface area contributed by atoms with Crippen LogP contribution >= 0.6 is 11.6 Å². The molecule has 0 aliphatic carbocycles. The molecule has 1 aromatic rings. The van der Waals surface area contributed by atoms with Crippen LogP contribution in [0.1, 0.15) is 11.7 Å². The fourth-order valence-corrected chi connectivity index (χ4v) is 1.06. The molecular weight excluding hydrogens is 224 g/mol. The average Bonchev–Trinajstić information content (AvgIpc) is 2.07. The highest BCUT2D eigenvalue weighted by Gasteiger charge is 2.39. The van der Waals surface area contributed by atoms with Crippen LogP contribution in [0.2, 0.25) is 5.02 Å². The van der Waals surface area contributed by atoms with E-state index in [2.05, 4.69) is 0 Å². The molecule has 0 heterocycles. The number of alkyl halides is 3. The van der Waals surface area contributed by atoms with Crippen LogP contribution in [0.15, 0.2) is 18.2 Å². The number of hydrogen-bond donors (Lipinski definition) is 1. The highest BCUT2D eigenvalue weighted by atomic mass is 35.5. The van der Waals surface area contributed by atoms with Crippen LogP contribution in [0.5, 0.6) is 0 Å². The summed E-state index contributed by atoms with van der Waals surface area (Å²) >= 11 is 5.25. The lowest BCUT2D eigenvalue weighted by molar-refractivity contribution is -0.206. The van der Waals surface area contributed by atoms with Gasteiger partial charge in [-0.25, -0.2) is 4.39 Å². The van der Waals surface area contributed by atoms with Crippen LogP contribution in [0.4, 0.5) is 17.6 Å². The van der Waals surface area contributed by atoms with Gasteiger partial charge in [-0.3, -0.25) is 0 Å². The lowest BCUT2D eigenvalue weighted by Crippen LogP contribution is -2.20. The zero-order valence-electron chi connectivity index (χ0n) is 6.65. The maximum absolute atomic E-state index is 12.6. The summed E-state index contributed by atoms with van der Waals surface area (Å²) in [5.41, 5.74) is -0.482. The second-order valence-corrected chi connectivity index (χ2v) is 3.02. The number of rotatable bonds is 1. The Morgan fingerprint density at radius 1 is 1.29 bits per heavy atom. The molecule has 6 heteroatoms. The van der Waals surface area contributed by atoms with Gasteiger partial charge in [0.25, 0.3) is 0 Å². The van der Waals surface area contributed by atoms with Crippen molar-refractivity contribution in [1.29, 1.82) is 0 Å². The summed E-state index contributed by atoms with van der Waals surface area (Å²) < 4.78 is 48.5. The smallest absolute Gasteiger partial charge is 0.379 e. The van der Waals surface area contributed by atoms with E-state index in [9.17, 15) is 17.6 Å². The Morgan fingerprint density at radius 3 is 2.29 bits per heavy atom. The minimum absolute atomic E-state index is 0.453. The van der Waals surface area contributed by atoms with Crippen LogP contribution in [-0.2, 0) is 0 Å². The standard InChI is InChI=1S/C8H5ClF4O/c9-5-3-4(1-2-6(5)10)7(14)8(11,12)13/h1-3,7,14H.